The molecule has 164 valence electrons. The third kappa shape index (κ3) is 3.03. The summed E-state index contributed by atoms with van der Waals surface area (Å²) in [5.41, 5.74) is 4.27. The molecular weight excluding hydrogens is 410 g/mol. The molecule has 1 saturated carbocycles. The minimum absolute atomic E-state index is 0.148. The Bertz CT molecular complexity index is 1150. The second kappa shape index (κ2) is 7.38. The summed E-state index contributed by atoms with van der Waals surface area (Å²) in [4.78, 5) is 0.360. The molecule has 0 N–H and O–H groups in total. The van der Waals surface area contributed by atoms with Gasteiger partial charge in [-0.05, 0) is 62.8 Å². The van der Waals surface area contributed by atoms with Crippen LogP contribution in [0.15, 0.2) is 46.9 Å². The van der Waals surface area contributed by atoms with Crippen LogP contribution >= 0.6 is 0 Å². The molecule has 1 saturated heterocycles. The van der Waals surface area contributed by atoms with Crippen LogP contribution in [0.5, 0.6) is 11.5 Å². The van der Waals surface area contributed by atoms with Crippen molar-refractivity contribution in [3.63, 3.8) is 0 Å². The van der Waals surface area contributed by atoms with Crippen LogP contribution in [0, 0.1) is 12.3 Å². The van der Waals surface area contributed by atoms with E-state index in [0.29, 0.717) is 17.2 Å². The zero-order chi connectivity index (χ0) is 21.8. The standard InChI is InChI=1S/C25H29NO4S/c1-17-7-9-21(10-8-17)31(27,28)26-13-5-12-25-11-4-6-19(25)14-18-15-20(29-2)16-22(30-3)23(18)24(25)26/h7-10,14-16,24H,4-6,11-13H2,1-3H3/t24-,25+/m0/s1. The van der Waals surface area contributed by atoms with E-state index in [1.807, 2.05) is 31.2 Å². The van der Waals surface area contributed by atoms with Crippen molar-refractivity contribution in [3.05, 3.63) is 58.7 Å². The van der Waals surface area contributed by atoms with Crippen LogP contribution in [0.1, 0.15) is 54.8 Å². The van der Waals surface area contributed by atoms with E-state index in [0.717, 1.165) is 54.5 Å². The maximum Gasteiger partial charge on any atom is 0.243 e. The van der Waals surface area contributed by atoms with Gasteiger partial charge in [-0.25, -0.2) is 8.42 Å². The van der Waals surface area contributed by atoms with E-state index in [4.69, 9.17) is 9.47 Å². The van der Waals surface area contributed by atoms with Crippen molar-refractivity contribution >= 4 is 16.1 Å². The van der Waals surface area contributed by atoms with E-state index in [-0.39, 0.29) is 11.5 Å². The maximum atomic E-state index is 13.9. The first-order valence-corrected chi connectivity index (χ1v) is 12.4. The molecule has 1 spiro atoms. The quantitative estimate of drug-likeness (QED) is 0.665. The zero-order valence-electron chi connectivity index (χ0n) is 18.3. The molecule has 5 rings (SSSR count). The Morgan fingerprint density at radius 2 is 1.77 bits per heavy atom. The lowest BCUT2D eigenvalue weighted by Gasteiger charge is -2.51. The lowest BCUT2D eigenvalue weighted by molar-refractivity contribution is 0.101. The smallest absolute Gasteiger partial charge is 0.243 e. The average molecular weight is 440 g/mol. The van der Waals surface area contributed by atoms with E-state index < -0.39 is 10.0 Å². The molecule has 0 bridgehead atoms. The van der Waals surface area contributed by atoms with Crippen molar-refractivity contribution in [1.82, 2.24) is 4.31 Å². The molecule has 0 aromatic heterocycles. The highest BCUT2D eigenvalue weighted by molar-refractivity contribution is 7.89. The molecule has 31 heavy (non-hydrogen) atoms. The highest BCUT2D eigenvalue weighted by Gasteiger charge is 2.55. The van der Waals surface area contributed by atoms with E-state index in [2.05, 4.69) is 6.08 Å². The first-order chi connectivity index (χ1) is 14.9. The Kier molecular flexibility index (Phi) is 4.90. The zero-order valence-corrected chi connectivity index (χ0v) is 19.2. The molecular formula is C25H29NO4S. The fourth-order valence-electron chi connectivity index (χ4n) is 5.94. The summed E-state index contributed by atoms with van der Waals surface area (Å²) in [7, 11) is -0.362. The van der Waals surface area contributed by atoms with Crippen molar-refractivity contribution in [2.45, 2.75) is 50.0 Å². The number of nitrogens with zero attached hydrogens (tertiary/aromatic N) is 1. The summed E-state index contributed by atoms with van der Waals surface area (Å²) in [5.74, 6) is 1.42. The van der Waals surface area contributed by atoms with Gasteiger partial charge in [0.1, 0.15) is 11.5 Å². The highest BCUT2D eigenvalue weighted by Crippen LogP contribution is 2.64. The van der Waals surface area contributed by atoms with Crippen molar-refractivity contribution in [2.75, 3.05) is 20.8 Å². The van der Waals surface area contributed by atoms with Crippen molar-refractivity contribution in [2.24, 2.45) is 5.41 Å². The molecule has 0 unspecified atom stereocenters. The van der Waals surface area contributed by atoms with Gasteiger partial charge in [-0.15, -0.1) is 0 Å². The normalized spacial score (nSPS) is 25.3. The van der Waals surface area contributed by atoms with Gasteiger partial charge in [0.2, 0.25) is 10.0 Å². The van der Waals surface area contributed by atoms with Gasteiger partial charge in [0, 0.05) is 23.6 Å². The molecule has 2 aromatic carbocycles. The number of aryl methyl sites for hydroxylation is 1. The largest absolute Gasteiger partial charge is 0.497 e. The number of sulfonamides is 1. The molecule has 1 heterocycles. The summed E-state index contributed by atoms with van der Waals surface area (Å²) >= 11 is 0. The molecule has 6 heteroatoms. The molecule has 0 radical (unpaired) electrons. The van der Waals surface area contributed by atoms with E-state index in [1.54, 1.807) is 30.7 Å². The molecule has 0 amide bonds. The van der Waals surface area contributed by atoms with Crippen molar-refractivity contribution in [3.8, 4) is 11.5 Å². The second-order valence-corrected chi connectivity index (χ2v) is 10.8. The van der Waals surface area contributed by atoms with Crippen LogP contribution in [0.4, 0.5) is 0 Å². The molecule has 2 aromatic rings. The third-order valence-corrected chi connectivity index (χ3v) is 9.23. The van der Waals surface area contributed by atoms with Crippen molar-refractivity contribution in [1.29, 1.82) is 0 Å². The number of benzene rings is 2. The number of hydrogen-bond donors (Lipinski definition) is 0. The first-order valence-electron chi connectivity index (χ1n) is 11.0. The molecule has 2 atom stereocenters. The van der Waals surface area contributed by atoms with Crippen molar-refractivity contribution < 1.29 is 17.9 Å². The molecule has 3 aliphatic rings. The van der Waals surface area contributed by atoms with Crippen LogP contribution in [0.2, 0.25) is 0 Å². The summed E-state index contributed by atoms with van der Waals surface area (Å²) < 4.78 is 40.9. The Morgan fingerprint density at radius 1 is 1.03 bits per heavy atom. The first kappa shape index (κ1) is 20.6. The number of methoxy groups -OCH3 is 2. The highest BCUT2D eigenvalue weighted by atomic mass is 32.2. The fraction of sp³-hybridized carbons (Fsp3) is 0.440. The van der Waals surface area contributed by atoms with E-state index in [9.17, 15) is 8.42 Å². The maximum absolute atomic E-state index is 13.9. The van der Waals surface area contributed by atoms with Crippen LogP contribution in [0.25, 0.3) is 6.08 Å². The van der Waals surface area contributed by atoms with Crippen LogP contribution in [-0.2, 0) is 10.0 Å². The Labute approximate surface area is 184 Å². The van der Waals surface area contributed by atoms with E-state index in [1.165, 1.54) is 5.57 Å². The lowest BCUT2D eigenvalue weighted by Crippen LogP contribution is -2.49. The second-order valence-electron chi connectivity index (χ2n) is 8.95. The summed E-state index contributed by atoms with van der Waals surface area (Å²) in [6.07, 6.45) is 7.27. The SMILES string of the molecule is COc1cc2c(c(OC)c1)[C@@H]1N(S(=O)(=O)c3ccc(C)cc3)CCC[C@@]13CCCC3=C2. The van der Waals surface area contributed by atoms with Crippen LogP contribution in [-0.4, -0.2) is 33.5 Å². The predicted molar refractivity (Wildman–Crippen MR) is 121 cm³/mol. The summed E-state index contributed by atoms with van der Waals surface area (Å²) in [6, 6.07) is 10.8. The number of ether oxygens (including phenoxy) is 2. The van der Waals surface area contributed by atoms with Gasteiger partial charge in [0.15, 0.2) is 0 Å². The van der Waals surface area contributed by atoms with Gasteiger partial charge in [0.25, 0.3) is 0 Å². The topological polar surface area (TPSA) is 55.8 Å². The summed E-state index contributed by atoms with van der Waals surface area (Å²) in [6.45, 7) is 2.49. The molecule has 2 fully saturated rings. The Balaban J connectivity index is 1.73. The third-order valence-electron chi connectivity index (χ3n) is 7.36. The van der Waals surface area contributed by atoms with Gasteiger partial charge < -0.3 is 9.47 Å². The lowest BCUT2D eigenvalue weighted by atomic mass is 9.64. The van der Waals surface area contributed by atoms with Crippen LogP contribution < -0.4 is 9.47 Å². The Morgan fingerprint density at radius 3 is 2.48 bits per heavy atom. The van der Waals surface area contributed by atoms with Crippen LogP contribution in [0.3, 0.4) is 0 Å². The van der Waals surface area contributed by atoms with E-state index >= 15 is 0 Å². The molecule has 2 aliphatic carbocycles. The number of fused-ring (bicyclic) bond motifs is 2. The summed E-state index contributed by atoms with van der Waals surface area (Å²) in [5, 5.41) is 0. The van der Waals surface area contributed by atoms with Gasteiger partial charge in [-0.3, -0.25) is 0 Å². The minimum atomic E-state index is -3.66. The number of rotatable bonds is 4. The predicted octanol–water partition coefficient (Wildman–Crippen LogP) is 5.11. The number of hydrogen-bond acceptors (Lipinski definition) is 4. The van der Waals surface area contributed by atoms with Gasteiger partial charge >= 0.3 is 0 Å². The monoisotopic (exact) mass is 439 g/mol. The van der Waals surface area contributed by atoms with Gasteiger partial charge in [-0.2, -0.15) is 4.31 Å². The number of piperidine rings is 1. The molecule has 5 nitrogen and oxygen atoms in total. The van der Waals surface area contributed by atoms with Gasteiger partial charge in [-0.1, -0.05) is 29.3 Å². The average Bonchev–Trinajstić information content (AvgIpc) is 3.18. The molecule has 1 aliphatic heterocycles. The van der Waals surface area contributed by atoms with Gasteiger partial charge in [0.05, 0.1) is 25.2 Å². The fourth-order valence-corrected chi connectivity index (χ4v) is 7.65. The minimum Gasteiger partial charge on any atom is -0.497 e. The Hall–Kier alpha value is -2.31.